The van der Waals surface area contributed by atoms with Gasteiger partial charge in [-0.15, -0.1) is 0 Å². The van der Waals surface area contributed by atoms with Gasteiger partial charge in [-0.2, -0.15) is 11.8 Å². The first-order valence-electron chi connectivity index (χ1n) is 6.99. The lowest BCUT2D eigenvalue weighted by Gasteiger charge is -2.22. The second kappa shape index (κ2) is 6.89. The summed E-state index contributed by atoms with van der Waals surface area (Å²) >= 11 is 1.83. The van der Waals surface area contributed by atoms with E-state index in [1.54, 1.807) is 24.3 Å². The Morgan fingerprint density at radius 1 is 1.43 bits per heavy atom. The highest BCUT2D eigenvalue weighted by molar-refractivity contribution is 8.01. The van der Waals surface area contributed by atoms with E-state index in [4.69, 9.17) is 10.5 Å². The lowest BCUT2D eigenvalue weighted by atomic mass is 10.1. The van der Waals surface area contributed by atoms with Crippen molar-refractivity contribution in [3.05, 3.63) is 24.3 Å². The second-order valence-electron chi connectivity index (χ2n) is 5.43. The maximum Gasteiger partial charge on any atom is 0.215 e. The van der Waals surface area contributed by atoms with Crippen LogP contribution in [0.25, 0.3) is 0 Å². The molecule has 1 aliphatic heterocycles. The largest absolute Gasteiger partial charge is 0.490 e. The summed E-state index contributed by atoms with van der Waals surface area (Å²) in [5, 5.41) is 0. The van der Waals surface area contributed by atoms with Crippen LogP contribution in [0.5, 0.6) is 5.75 Å². The first-order chi connectivity index (χ1) is 9.90. The number of nitrogens with one attached hydrogen (secondary N) is 1. The molecule has 5 nitrogen and oxygen atoms in total. The summed E-state index contributed by atoms with van der Waals surface area (Å²) in [4.78, 5) is 0. The molecule has 0 saturated carbocycles. The Balaban J connectivity index is 1.77. The minimum absolute atomic E-state index is 0.0256. The van der Waals surface area contributed by atoms with Crippen LogP contribution in [0, 0.1) is 0 Å². The van der Waals surface area contributed by atoms with Crippen LogP contribution in [0.2, 0.25) is 0 Å². The maximum atomic E-state index is 12.0. The summed E-state index contributed by atoms with van der Waals surface area (Å²) in [6.45, 7) is 2.68. The number of para-hydroxylation sites is 2. The molecule has 1 aromatic carbocycles. The molecular formula is C14H22N2O3S2. The van der Waals surface area contributed by atoms with Crippen LogP contribution in [-0.4, -0.2) is 37.8 Å². The van der Waals surface area contributed by atoms with Crippen LogP contribution >= 0.6 is 11.8 Å². The van der Waals surface area contributed by atoms with Gasteiger partial charge in [-0.25, -0.2) is 13.1 Å². The molecule has 118 valence electrons. The molecule has 0 bridgehead atoms. The average Bonchev–Trinajstić information content (AvgIpc) is 2.87. The van der Waals surface area contributed by atoms with E-state index in [0.29, 0.717) is 18.0 Å². The quantitative estimate of drug-likeness (QED) is 0.746. The molecule has 0 spiro atoms. The Morgan fingerprint density at radius 2 is 2.19 bits per heavy atom. The predicted octanol–water partition coefficient (Wildman–Crippen LogP) is 1.85. The molecule has 1 atom stereocenters. The number of anilines is 1. The van der Waals surface area contributed by atoms with Gasteiger partial charge in [-0.1, -0.05) is 12.1 Å². The van der Waals surface area contributed by atoms with Gasteiger partial charge >= 0.3 is 0 Å². The summed E-state index contributed by atoms with van der Waals surface area (Å²) in [6.07, 6.45) is 2.20. The monoisotopic (exact) mass is 330 g/mol. The fraction of sp³-hybridized carbons (Fsp3) is 0.571. The van der Waals surface area contributed by atoms with E-state index in [1.807, 2.05) is 11.8 Å². The first kappa shape index (κ1) is 16.5. The van der Waals surface area contributed by atoms with E-state index in [0.717, 1.165) is 18.6 Å². The number of nitrogens with two attached hydrogens (primary N) is 1. The Kier molecular flexibility index (Phi) is 5.40. The van der Waals surface area contributed by atoms with Crippen LogP contribution in [-0.2, 0) is 10.0 Å². The summed E-state index contributed by atoms with van der Waals surface area (Å²) in [5.74, 6) is 1.56. The van der Waals surface area contributed by atoms with Crippen molar-refractivity contribution in [2.24, 2.45) is 0 Å². The van der Waals surface area contributed by atoms with E-state index in [-0.39, 0.29) is 17.1 Å². The highest BCUT2D eigenvalue weighted by Gasteiger charge is 2.30. The molecule has 21 heavy (non-hydrogen) atoms. The second-order valence-corrected chi connectivity index (χ2v) is 9.04. The summed E-state index contributed by atoms with van der Waals surface area (Å²) in [5.41, 5.74) is 6.25. The third-order valence-electron chi connectivity index (χ3n) is 3.50. The van der Waals surface area contributed by atoms with Gasteiger partial charge in [0.15, 0.2) is 0 Å². The van der Waals surface area contributed by atoms with Gasteiger partial charge in [0.25, 0.3) is 0 Å². The van der Waals surface area contributed by atoms with Crippen LogP contribution in [0.1, 0.15) is 19.8 Å². The van der Waals surface area contributed by atoms with Crippen LogP contribution in [0.3, 0.4) is 0 Å². The van der Waals surface area contributed by atoms with E-state index in [1.165, 1.54) is 0 Å². The van der Waals surface area contributed by atoms with E-state index >= 15 is 0 Å². The maximum absolute atomic E-state index is 12.0. The van der Waals surface area contributed by atoms with Gasteiger partial charge in [-0.3, -0.25) is 0 Å². The minimum atomic E-state index is -3.32. The molecule has 1 unspecified atom stereocenters. The van der Waals surface area contributed by atoms with Crippen molar-refractivity contribution >= 4 is 27.5 Å². The zero-order chi connectivity index (χ0) is 15.3. The SMILES string of the molecule is CC1(CNS(=O)(=O)CCOc2ccccc2N)CCCS1. The van der Waals surface area contributed by atoms with E-state index in [9.17, 15) is 8.42 Å². The normalized spacial score (nSPS) is 22.3. The van der Waals surface area contributed by atoms with Gasteiger partial charge < -0.3 is 10.5 Å². The smallest absolute Gasteiger partial charge is 0.215 e. The molecule has 3 N–H and O–H groups in total. The van der Waals surface area contributed by atoms with E-state index in [2.05, 4.69) is 11.6 Å². The molecule has 1 fully saturated rings. The fourth-order valence-corrected chi connectivity index (χ4v) is 4.51. The van der Waals surface area contributed by atoms with Gasteiger partial charge in [0.1, 0.15) is 12.4 Å². The average molecular weight is 330 g/mol. The summed E-state index contributed by atoms with van der Waals surface area (Å²) in [6, 6.07) is 7.06. The topological polar surface area (TPSA) is 81.4 Å². The molecular weight excluding hydrogens is 308 g/mol. The zero-order valence-electron chi connectivity index (χ0n) is 12.2. The number of rotatable bonds is 7. The molecule has 0 aliphatic carbocycles. The highest BCUT2D eigenvalue weighted by atomic mass is 32.2. The Labute approximate surface area is 130 Å². The third-order valence-corrected chi connectivity index (χ3v) is 6.32. The Bertz CT molecular complexity index is 569. The zero-order valence-corrected chi connectivity index (χ0v) is 13.8. The molecule has 2 rings (SSSR count). The number of hydrogen-bond donors (Lipinski definition) is 2. The molecule has 1 aromatic rings. The Morgan fingerprint density at radius 3 is 2.86 bits per heavy atom. The molecule has 0 aromatic heterocycles. The molecule has 1 saturated heterocycles. The highest BCUT2D eigenvalue weighted by Crippen LogP contribution is 2.37. The molecule has 1 aliphatic rings. The van der Waals surface area contributed by atoms with Crippen molar-refractivity contribution in [2.45, 2.75) is 24.5 Å². The van der Waals surface area contributed by atoms with Gasteiger partial charge in [0.2, 0.25) is 10.0 Å². The standard InChI is InChI=1S/C14H22N2O3S2/c1-14(7-4-9-20-14)11-16-21(17,18)10-8-19-13-6-3-2-5-12(13)15/h2-3,5-6,16H,4,7-11,15H2,1H3. The van der Waals surface area contributed by atoms with Crippen molar-refractivity contribution in [3.63, 3.8) is 0 Å². The molecule has 0 radical (unpaired) electrons. The van der Waals surface area contributed by atoms with Crippen LogP contribution < -0.4 is 15.2 Å². The number of benzene rings is 1. The fourth-order valence-electron chi connectivity index (χ4n) is 2.18. The molecule has 0 amide bonds. The van der Waals surface area contributed by atoms with Gasteiger partial charge in [-0.05, 0) is 37.7 Å². The Hall–Kier alpha value is -0.920. The van der Waals surface area contributed by atoms with Gasteiger partial charge in [0.05, 0.1) is 11.4 Å². The number of ether oxygens (including phenoxy) is 1. The van der Waals surface area contributed by atoms with Crippen molar-refractivity contribution < 1.29 is 13.2 Å². The van der Waals surface area contributed by atoms with Gasteiger partial charge in [0, 0.05) is 11.3 Å². The number of sulfonamides is 1. The first-order valence-corrected chi connectivity index (χ1v) is 9.63. The van der Waals surface area contributed by atoms with Crippen molar-refractivity contribution in [1.82, 2.24) is 4.72 Å². The van der Waals surface area contributed by atoms with Crippen molar-refractivity contribution in [1.29, 1.82) is 0 Å². The van der Waals surface area contributed by atoms with E-state index < -0.39 is 10.0 Å². The number of hydrogen-bond acceptors (Lipinski definition) is 5. The number of nitrogen functional groups attached to an aromatic ring is 1. The molecule has 1 heterocycles. The van der Waals surface area contributed by atoms with Crippen LogP contribution in [0.15, 0.2) is 24.3 Å². The minimum Gasteiger partial charge on any atom is -0.490 e. The lowest BCUT2D eigenvalue weighted by molar-refractivity contribution is 0.342. The summed E-state index contributed by atoms with van der Waals surface area (Å²) in [7, 11) is -3.32. The van der Waals surface area contributed by atoms with Crippen molar-refractivity contribution in [3.8, 4) is 5.75 Å². The summed E-state index contributed by atoms with van der Waals surface area (Å²) < 4.78 is 32.1. The number of thioether (sulfide) groups is 1. The molecule has 7 heteroatoms. The van der Waals surface area contributed by atoms with Crippen molar-refractivity contribution in [2.75, 3.05) is 30.4 Å². The lowest BCUT2D eigenvalue weighted by Crippen LogP contribution is -2.38. The van der Waals surface area contributed by atoms with Crippen LogP contribution in [0.4, 0.5) is 5.69 Å². The third kappa shape index (κ3) is 5.09. The predicted molar refractivity (Wildman–Crippen MR) is 88.2 cm³/mol.